The molecule has 5 atom stereocenters. The maximum Gasteiger partial charge on any atom is 0.405 e. The van der Waals surface area contributed by atoms with Gasteiger partial charge in [0.2, 0.25) is 5.12 Å². The van der Waals surface area contributed by atoms with Gasteiger partial charge in [0.25, 0.3) is 0 Å². The van der Waals surface area contributed by atoms with Crippen LogP contribution in [0.2, 0.25) is 0 Å². The molecule has 2 heterocycles. The lowest BCUT2D eigenvalue weighted by atomic mass is 9.96. The number of thioether (sulfide) groups is 1. The first kappa shape index (κ1) is 32.9. The number of hydrogen-bond acceptors (Lipinski definition) is 13. The van der Waals surface area contributed by atoms with Crippen molar-refractivity contribution < 1.29 is 42.9 Å². The standard InChI is InChI=1S/C25H35N4O10PS/c1-4-36-22(32)25(2,3)23(33)41-13-12-37-40(35,27-14-16-8-6-5-7-9-16)38-15-17-19(30)20(31)21(39-17)29-11-10-18(26)28-24(29)34/h5-11,17,19-21,30-31H,4,12-15H2,1-3H3,(H,27,35)(H2,26,28,34)/t17-,19+,20?,21?,40?/m1/s1. The number of aliphatic hydroxyl groups excluding tert-OH is 2. The van der Waals surface area contributed by atoms with Crippen LogP contribution in [0.25, 0.3) is 0 Å². The molecule has 1 aliphatic rings. The van der Waals surface area contributed by atoms with Gasteiger partial charge in [-0.2, -0.15) is 4.98 Å². The summed E-state index contributed by atoms with van der Waals surface area (Å²) in [5.74, 6) is -0.617. The number of aromatic nitrogens is 2. The summed E-state index contributed by atoms with van der Waals surface area (Å²) in [6.07, 6.45) is -4.22. The van der Waals surface area contributed by atoms with Crippen LogP contribution in [0, 0.1) is 5.41 Å². The van der Waals surface area contributed by atoms with Crippen LogP contribution in [-0.4, -0.2) is 74.7 Å². The van der Waals surface area contributed by atoms with E-state index in [9.17, 15) is 29.2 Å². The number of nitrogen functional groups attached to an aromatic ring is 1. The second kappa shape index (κ2) is 14.5. The molecule has 0 spiro atoms. The van der Waals surface area contributed by atoms with Gasteiger partial charge in [-0.15, -0.1) is 0 Å². The maximum absolute atomic E-state index is 13.6. The van der Waals surface area contributed by atoms with E-state index in [0.717, 1.165) is 21.9 Å². The van der Waals surface area contributed by atoms with Crippen molar-refractivity contribution in [3.63, 3.8) is 0 Å². The van der Waals surface area contributed by atoms with Crippen molar-refractivity contribution in [2.24, 2.45) is 5.41 Å². The Balaban J connectivity index is 1.64. The fourth-order valence-corrected chi connectivity index (χ4v) is 5.90. The molecule has 14 nitrogen and oxygen atoms in total. The molecule has 3 rings (SSSR count). The minimum absolute atomic E-state index is 0.0222. The van der Waals surface area contributed by atoms with Crippen LogP contribution in [-0.2, 0) is 39.2 Å². The Hall–Kier alpha value is -2.62. The van der Waals surface area contributed by atoms with Gasteiger partial charge < -0.3 is 25.4 Å². The fourth-order valence-electron chi connectivity index (χ4n) is 3.67. The van der Waals surface area contributed by atoms with Crippen LogP contribution in [0.1, 0.15) is 32.6 Å². The van der Waals surface area contributed by atoms with Crippen molar-refractivity contribution in [1.29, 1.82) is 0 Å². The molecule has 0 amide bonds. The van der Waals surface area contributed by atoms with Crippen LogP contribution in [0.5, 0.6) is 0 Å². The average molecular weight is 615 g/mol. The normalized spacial score (nSPS) is 22.3. The molecule has 0 radical (unpaired) electrons. The van der Waals surface area contributed by atoms with E-state index >= 15 is 0 Å². The molecule has 1 aromatic carbocycles. The lowest BCUT2D eigenvalue weighted by Gasteiger charge is -2.23. The number of ether oxygens (including phenoxy) is 2. The zero-order valence-corrected chi connectivity index (χ0v) is 24.6. The smallest absolute Gasteiger partial charge is 0.405 e. The molecule has 1 saturated heterocycles. The van der Waals surface area contributed by atoms with E-state index < -0.39 is 61.1 Å². The first-order valence-corrected chi connectivity index (χ1v) is 15.3. The van der Waals surface area contributed by atoms with Crippen LogP contribution in [0.15, 0.2) is 47.4 Å². The van der Waals surface area contributed by atoms with E-state index in [0.29, 0.717) is 0 Å². The summed E-state index contributed by atoms with van der Waals surface area (Å²) in [5.41, 5.74) is 4.12. The number of rotatable bonds is 14. The van der Waals surface area contributed by atoms with Gasteiger partial charge in [0.1, 0.15) is 29.5 Å². The number of benzene rings is 1. The zero-order chi connectivity index (χ0) is 30.2. The van der Waals surface area contributed by atoms with Crippen molar-refractivity contribution in [2.75, 3.05) is 31.3 Å². The molecule has 1 aromatic heterocycles. The molecule has 1 fully saturated rings. The Bertz CT molecular complexity index is 1290. The third-order valence-electron chi connectivity index (χ3n) is 6.07. The van der Waals surface area contributed by atoms with Gasteiger partial charge in [-0.1, -0.05) is 42.1 Å². The van der Waals surface area contributed by atoms with Crippen LogP contribution in [0.4, 0.5) is 5.82 Å². The van der Waals surface area contributed by atoms with Crippen molar-refractivity contribution in [3.8, 4) is 0 Å². The summed E-state index contributed by atoms with van der Waals surface area (Å²) in [5, 5.41) is 23.3. The Morgan fingerprint density at radius 2 is 1.90 bits per heavy atom. The maximum atomic E-state index is 13.6. The van der Waals surface area contributed by atoms with Gasteiger partial charge in [-0.05, 0) is 32.4 Å². The van der Waals surface area contributed by atoms with E-state index in [-0.39, 0.29) is 31.3 Å². The minimum atomic E-state index is -4.06. The lowest BCUT2D eigenvalue weighted by Crippen LogP contribution is -2.36. The number of nitrogens with one attached hydrogen (secondary N) is 1. The first-order valence-electron chi connectivity index (χ1n) is 12.8. The van der Waals surface area contributed by atoms with Crippen LogP contribution < -0.4 is 16.5 Å². The highest BCUT2D eigenvalue weighted by atomic mass is 32.2. The highest BCUT2D eigenvalue weighted by molar-refractivity contribution is 8.13. The molecule has 2 aromatic rings. The molecular weight excluding hydrogens is 579 g/mol. The van der Waals surface area contributed by atoms with Crippen molar-refractivity contribution >= 4 is 36.4 Å². The Morgan fingerprint density at radius 3 is 2.56 bits per heavy atom. The molecule has 16 heteroatoms. The Morgan fingerprint density at radius 1 is 1.20 bits per heavy atom. The SMILES string of the molecule is CCOC(=O)C(C)(C)C(=O)SCCOP(=O)(NCc1ccccc1)OC[C@H]1OC(n2ccc(N)nc2=O)C(O)[C@H]1O. The Labute approximate surface area is 241 Å². The molecule has 5 N–H and O–H groups in total. The molecule has 0 aliphatic carbocycles. The molecule has 0 saturated carbocycles. The van der Waals surface area contributed by atoms with Gasteiger partial charge in [0, 0.05) is 18.5 Å². The van der Waals surface area contributed by atoms with Crippen molar-refractivity contribution in [1.82, 2.24) is 14.6 Å². The average Bonchev–Trinajstić information content (AvgIpc) is 3.22. The number of carbonyl (C=O) groups excluding carboxylic acids is 2. The summed E-state index contributed by atoms with van der Waals surface area (Å²) < 4.78 is 36.3. The van der Waals surface area contributed by atoms with E-state index in [1.165, 1.54) is 26.1 Å². The highest BCUT2D eigenvalue weighted by Gasteiger charge is 2.45. The Kier molecular flexibility index (Phi) is 11.6. The van der Waals surface area contributed by atoms with Gasteiger partial charge in [-0.3, -0.25) is 23.2 Å². The third-order valence-corrected chi connectivity index (χ3v) is 8.77. The highest BCUT2D eigenvalue weighted by Crippen LogP contribution is 2.45. The van der Waals surface area contributed by atoms with Gasteiger partial charge in [0.05, 0.1) is 19.8 Å². The fraction of sp³-hybridized carbons (Fsp3) is 0.520. The van der Waals surface area contributed by atoms with Gasteiger partial charge in [0.15, 0.2) is 6.23 Å². The predicted molar refractivity (Wildman–Crippen MR) is 150 cm³/mol. The van der Waals surface area contributed by atoms with Crippen molar-refractivity contribution in [3.05, 3.63) is 58.6 Å². The molecule has 1 aliphatic heterocycles. The molecule has 226 valence electrons. The van der Waals surface area contributed by atoms with Gasteiger partial charge in [-0.25, -0.2) is 14.4 Å². The quantitative estimate of drug-likeness (QED) is 0.102. The monoisotopic (exact) mass is 614 g/mol. The second-order valence-electron chi connectivity index (χ2n) is 9.52. The van der Waals surface area contributed by atoms with E-state index in [1.807, 2.05) is 6.07 Å². The third kappa shape index (κ3) is 8.69. The topological polar surface area (TPSA) is 202 Å². The van der Waals surface area contributed by atoms with E-state index in [2.05, 4.69) is 10.1 Å². The lowest BCUT2D eigenvalue weighted by molar-refractivity contribution is -0.155. The number of anilines is 1. The number of aliphatic hydroxyl groups is 2. The number of hydrogen-bond donors (Lipinski definition) is 4. The van der Waals surface area contributed by atoms with E-state index in [4.69, 9.17) is 24.3 Å². The molecule has 41 heavy (non-hydrogen) atoms. The van der Waals surface area contributed by atoms with Crippen molar-refractivity contribution in [2.45, 2.75) is 51.9 Å². The van der Waals surface area contributed by atoms with Crippen LogP contribution in [0.3, 0.4) is 0 Å². The number of nitrogens with two attached hydrogens (primary N) is 1. The van der Waals surface area contributed by atoms with Gasteiger partial charge >= 0.3 is 19.4 Å². The predicted octanol–water partition coefficient (Wildman–Crippen LogP) is 1.22. The summed E-state index contributed by atoms with van der Waals surface area (Å²) in [6.45, 7) is 4.13. The summed E-state index contributed by atoms with van der Waals surface area (Å²) in [6, 6.07) is 10.4. The molecular formula is C25H35N4O10PS. The number of esters is 1. The number of nitrogens with zero attached hydrogens (tertiary/aromatic N) is 2. The summed E-state index contributed by atoms with van der Waals surface area (Å²) in [4.78, 5) is 40.4. The molecule has 3 unspecified atom stereocenters. The summed E-state index contributed by atoms with van der Waals surface area (Å²) in [7, 11) is -4.06. The summed E-state index contributed by atoms with van der Waals surface area (Å²) >= 11 is 0.823. The van der Waals surface area contributed by atoms with Crippen LogP contribution >= 0.6 is 19.5 Å². The first-order chi connectivity index (χ1) is 19.4. The largest absolute Gasteiger partial charge is 0.465 e. The zero-order valence-electron chi connectivity index (χ0n) is 22.9. The second-order valence-corrected chi connectivity index (χ2v) is 12.4. The van der Waals surface area contributed by atoms with E-state index in [1.54, 1.807) is 31.2 Å². The number of carbonyl (C=O) groups is 2. The molecule has 0 bridgehead atoms. The minimum Gasteiger partial charge on any atom is -0.465 e.